The van der Waals surface area contributed by atoms with Gasteiger partial charge in [-0.25, -0.2) is 0 Å². The van der Waals surface area contributed by atoms with Crippen molar-refractivity contribution in [3.63, 3.8) is 0 Å². The Morgan fingerprint density at radius 3 is 2.64 bits per heavy atom. The molecule has 0 bridgehead atoms. The van der Waals surface area contributed by atoms with Gasteiger partial charge in [0, 0.05) is 18.1 Å². The molecule has 1 aromatic rings. The summed E-state index contributed by atoms with van der Waals surface area (Å²) >= 11 is 0. The van der Waals surface area contributed by atoms with Gasteiger partial charge < -0.3 is 15.7 Å². The highest BCUT2D eigenvalue weighted by atomic mass is 16.3. The molecule has 0 atom stereocenters. The Labute approximate surface area is 83.8 Å². The molecule has 1 rings (SSSR count). The number of rotatable bonds is 3. The standard InChI is InChI=1S/C11H14N2O/c1-9(2)13(8-7-12)10-5-3-4-6-11(10)14/h3-8,14H,1,12H2,2H3/b8-7-. The third-order valence-electron chi connectivity index (χ3n) is 1.79. The molecule has 0 unspecified atom stereocenters. The number of anilines is 1. The van der Waals surface area contributed by atoms with Crippen molar-refractivity contribution < 1.29 is 5.11 Å². The van der Waals surface area contributed by atoms with Crippen molar-refractivity contribution in [2.45, 2.75) is 6.92 Å². The zero-order chi connectivity index (χ0) is 10.6. The normalized spacial score (nSPS) is 10.4. The fourth-order valence-corrected chi connectivity index (χ4v) is 1.17. The molecule has 0 spiro atoms. The van der Waals surface area contributed by atoms with E-state index in [1.807, 2.05) is 13.0 Å². The van der Waals surface area contributed by atoms with E-state index in [0.717, 1.165) is 5.70 Å². The minimum absolute atomic E-state index is 0.202. The maximum Gasteiger partial charge on any atom is 0.139 e. The number of phenolic OH excluding ortho intramolecular Hbond substituents is 1. The van der Waals surface area contributed by atoms with Crippen LogP contribution in [-0.4, -0.2) is 5.11 Å². The number of nitrogens with zero attached hydrogens (tertiary/aromatic N) is 1. The average molecular weight is 190 g/mol. The summed E-state index contributed by atoms with van der Waals surface area (Å²) < 4.78 is 0. The number of phenols is 1. The van der Waals surface area contributed by atoms with Crippen molar-refractivity contribution in [1.29, 1.82) is 0 Å². The van der Waals surface area contributed by atoms with Crippen LogP contribution in [0.2, 0.25) is 0 Å². The van der Waals surface area contributed by atoms with Crippen LogP contribution in [-0.2, 0) is 0 Å². The molecule has 0 amide bonds. The number of hydrogen-bond donors (Lipinski definition) is 2. The van der Waals surface area contributed by atoms with Crippen LogP contribution in [0.4, 0.5) is 5.69 Å². The van der Waals surface area contributed by atoms with Gasteiger partial charge in [-0.2, -0.15) is 0 Å². The number of nitrogens with two attached hydrogens (primary N) is 1. The Hall–Kier alpha value is -1.90. The molecule has 74 valence electrons. The molecule has 0 aliphatic carbocycles. The molecule has 0 aliphatic rings. The predicted molar refractivity (Wildman–Crippen MR) is 58.7 cm³/mol. The smallest absolute Gasteiger partial charge is 0.139 e. The minimum Gasteiger partial charge on any atom is -0.506 e. The van der Waals surface area contributed by atoms with E-state index >= 15 is 0 Å². The van der Waals surface area contributed by atoms with Crippen LogP contribution < -0.4 is 10.6 Å². The van der Waals surface area contributed by atoms with Crippen LogP contribution in [0.25, 0.3) is 0 Å². The van der Waals surface area contributed by atoms with Crippen molar-refractivity contribution in [3.05, 3.63) is 48.9 Å². The van der Waals surface area contributed by atoms with Crippen LogP contribution in [0.15, 0.2) is 48.9 Å². The van der Waals surface area contributed by atoms with Crippen molar-refractivity contribution in [1.82, 2.24) is 0 Å². The van der Waals surface area contributed by atoms with Gasteiger partial charge in [0.25, 0.3) is 0 Å². The van der Waals surface area contributed by atoms with Crippen LogP contribution in [0.5, 0.6) is 5.75 Å². The maximum absolute atomic E-state index is 9.60. The molecular formula is C11H14N2O. The van der Waals surface area contributed by atoms with E-state index in [9.17, 15) is 5.11 Å². The molecule has 1 aromatic carbocycles. The summed E-state index contributed by atoms with van der Waals surface area (Å²) in [5, 5.41) is 9.60. The number of hydrogen-bond acceptors (Lipinski definition) is 3. The molecule has 0 heterocycles. The van der Waals surface area contributed by atoms with Gasteiger partial charge in [0.1, 0.15) is 5.75 Å². The summed E-state index contributed by atoms with van der Waals surface area (Å²) in [6.07, 6.45) is 3.05. The Morgan fingerprint density at radius 1 is 1.50 bits per heavy atom. The van der Waals surface area contributed by atoms with Gasteiger partial charge in [-0.15, -0.1) is 0 Å². The summed E-state index contributed by atoms with van der Waals surface area (Å²) in [5.74, 6) is 0.202. The molecule has 3 heteroatoms. The molecule has 3 nitrogen and oxygen atoms in total. The lowest BCUT2D eigenvalue weighted by atomic mass is 10.2. The van der Waals surface area contributed by atoms with Crippen molar-refractivity contribution in [2.24, 2.45) is 5.73 Å². The van der Waals surface area contributed by atoms with Gasteiger partial charge in [0.15, 0.2) is 0 Å². The second-order valence-electron chi connectivity index (χ2n) is 2.94. The quantitative estimate of drug-likeness (QED) is 0.767. The molecule has 3 N–H and O–H groups in total. The largest absolute Gasteiger partial charge is 0.506 e. The highest BCUT2D eigenvalue weighted by Crippen LogP contribution is 2.28. The first kappa shape index (κ1) is 10.2. The third kappa shape index (κ3) is 2.07. The van der Waals surface area contributed by atoms with E-state index in [4.69, 9.17) is 5.73 Å². The molecular weight excluding hydrogens is 176 g/mol. The van der Waals surface area contributed by atoms with Gasteiger partial charge >= 0.3 is 0 Å². The SMILES string of the molecule is C=C(C)N(/C=C\N)c1ccccc1O. The lowest BCUT2D eigenvalue weighted by molar-refractivity contribution is 0.476. The van der Waals surface area contributed by atoms with E-state index in [1.165, 1.54) is 6.20 Å². The van der Waals surface area contributed by atoms with E-state index in [-0.39, 0.29) is 5.75 Å². The summed E-state index contributed by atoms with van der Waals surface area (Å²) in [6.45, 7) is 5.64. The first-order chi connectivity index (χ1) is 6.66. The minimum atomic E-state index is 0.202. The lowest BCUT2D eigenvalue weighted by Gasteiger charge is -2.20. The van der Waals surface area contributed by atoms with E-state index in [2.05, 4.69) is 6.58 Å². The second kappa shape index (κ2) is 4.37. The van der Waals surface area contributed by atoms with Crippen molar-refractivity contribution in [2.75, 3.05) is 4.90 Å². The number of aromatic hydroxyl groups is 1. The molecule has 14 heavy (non-hydrogen) atoms. The molecule has 0 fully saturated rings. The molecule has 0 aromatic heterocycles. The maximum atomic E-state index is 9.60. The number of allylic oxidation sites excluding steroid dienone is 1. The molecule has 0 saturated heterocycles. The zero-order valence-electron chi connectivity index (χ0n) is 8.14. The second-order valence-corrected chi connectivity index (χ2v) is 2.94. The highest BCUT2D eigenvalue weighted by Gasteiger charge is 2.07. The summed E-state index contributed by atoms with van der Waals surface area (Å²) in [6, 6.07) is 7.02. The highest BCUT2D eigenvalue weighted by molar-refractivity contribution is 5.62. The monoisotopic (exact) mass is 190 g/mol. The predicted octanol–water partition coefficient (Wildman–Crippen LogP) is 2.16. The molecule has 0 aliphatic heterocycles. The van der Waals surface area contributed by atoms with Gasteiger partial charge in [-0.05, 0) is 19.1 Å². The third-order valence-corrected chi connectivity index (χ3v) is 1.79. The van der Waals surface area contributed by atoms with Crippen LogP contribution >= 0.6 is 0 Å². The zero-order valence-corrected chi connectivity index (χ0v) is 8.14. The van der Waals surface area contributed by atoms with Crippen LogP contribution in [0, 0.1) is 0 Å². The van der Waals surface area contributed by atoms with E-state index in [0.29, 0.717) is 5.69 Å². The summed E-state index contributed by atoms with van der Waals surface area (Å²) in [5.41, 5.74) is 6.76. The Balaban J connectivity index is 3.11. The van der Waals surface area contributed by atoms with Gasteiger partial charge in [0.05, 0.1) is 5.69 Å². The van der Waals surface area contributed by atoms with Crippen LogP contribution in [0.3, 0.4) is 0 Å². The van der Waals surface area contributed by atoms with E-state index < -0.39 is 0 Å². The first-order valence-corrected chi connectivity index (χ1v) is 4.28. The van der Waals surface area contributed by atoms with Crippen molar-refractivity contribution in [3.8, 4) is 5.75 Å². The average Bonchev–Trinajstić information content (AvgIpc) is 2.15. The summed E-state index contributed by atoms with van der Waals surface area (Å²) in [7, 11) is 0. The number of benzene rings is 1. The van der Waals surface area contributed by atoms with Gasteiger partial charge in [0.2, 0.25) is 0 Å². The fourth-order valence-electron chi connectivity index (χ4n) is 1.17. The van der Waals surface area contributed by atoms with Crippen molar-refractivity contribution >= 4 is 5.69 Å². The van der Waals surface area contributed by atoms with Crippen LogP contribution in [0.1, 0.15) is 6.92 Å². The first-order valence-electron chi connectivity index (χ1n) is 4.28. The van der Waals surface area contributed by atoms with Gasteiger partial charge in [-0.1, -0.05) is 18.7 Å². The Bertz CT molecular complexity index is 358. The lowest BCUT2D eigenvalue weighted by Crippen LogP contribution is -2.12. The Morgan fingerprint density at radius 2 is 2.14 bits per heavy atom. The topological polar surface area (TPSA) is 49.5 Å². The fraction of sp³-hybridized carbons (Fsp3) is 0.0909. The van der Waals surface area contributed by atoms with E-state index in [1.54, 1.807) is 29.3 Å². The number of para-hydroxylation sites is 2. The summed E-state index contributed by atoms with van der Waals surface area (Å²) in [4.78, 5) is 1.72. The van der Waals surface area contributed by atoms with Gasteiger partial charge in [-0.3, -0.25) is 0 Å². The molecule has 0 saturated carbocycles. The Kier molecular flexibility index (Phi) is 3.18. The molecule has 0 radical (unpaired) electrons.